The first-order valence-corrected chi connectivity index (χ1v) is 6.07. The molecule has 1 aromatic heterocycles. The smallest absolute Gasteiger partial charge is 0.422 e. The molecule has 0 saturated heterocycles. The van der Waals surface area contributed by atoms with E-state index in [1.165, 1.54) is 0 Å². The molecule has 128 valence electrons. The van der Waals surface area contributed by atoms with Crippen molar-refractivity contribution in [1.29, 1.82) is 0 Å². The number of carboxylic acids is 1. The molecule has 0 bridgehead atoms. The molecule has 0 aliphatic heterocycles. The van der Waals surface area contributed by atoms with E-state index in [0.29, 0.717) is 0 Å². The molecular weight excluding hydrogens is 331 g/mol. The molecule has 0 aliphatic rings. The van der Waals surface area contributed by atoms with Crippen LogP contribution in [0.5, 0.6) is 5.88 Å². The molecule has 1 amide bonds. The molecule has 1 rings (SSSR count). The summed E-state index contributed by atoms with van der Waals surface area (Å²) in [6.07, 6.45) is -8.69. The summed E-state index contributed by atoms with van der Waals surface area (Å²) in [6.45, 7) is -1.63. The molecular formula is C12H11F5N2O4. The molecule has 0 aliphatic carbocycles. The van der Waals surface area contributed by atoms with Gasteiger partial charge in [-0.15, -0.1) is 0 Å². The van der Waals surface area contributed by atoms with Crippen molar-refractivity contribution in [2.45, 2.75) is 25.1 Å². The van der Waals surface area contributed by atoms with Crippen molar-refractivity contribution in [3.63, 3.8) is 0 Å². The Hall–Kier alpha value is -2.46. The minimum absolute atomic E-state index is 0.467. The van der Waals surface area contributed by atoms with Crippen molar-refractivity contribution < 1.29 is 41.4 Å². The molecule has 1 aromatic rings. The largest absolute Gasteiger partial charge is 0.480 e. The quantitative estimate of drug-likeness (QED) is 0.739. The fourth-order valence-corrected chi connectivity index (χ4v) is 1.41. The fourth-order valence-electron chi connectivity index (χ4n) is 1.41. The summed E-state index contributed by atoms with van der Waals surface area (Å²) in [6, 6.07) is 1.41. The number of amides is 1. The fraction of sp³-hybridized carbons (Fsp3) is 0.417. The van der Waals surface area contributed by atoms with E-state index in [4.69, 9.17) is 5.11 Å². The van der Waals surface area contributed by atoms with Crippen LogP contribution in [0.15, 0.2) is 18.2 Å². The lowest BCUT2D eigenvalue weighted by molar-refractivity contribution is -0.154. The highest BCUT2D eigenvalue weighted by molar-refractivity contribution is 5.95. The van der Waals surface area contributed by atoms with Gasteiger partial charge in [-0.2, -0.15) is 13.2 Å². The number of aromatic nitrogens is 1. The van der Waals surface area contributed by atoms with Crippen LogP contribution in [0.2, 0.25) is 0 Å². The Bertz CT molecular complexity index is 565. The number of aliphatic carboxylic acids is 1. The molecule has 6 nitrogen and oxygen atoms in total. The maximum atomic E-state index is 12.2. The van der Waals surface area contributed by atoms with Gasteiger partial charge in [-0.05, 0) is 6.07 Å². The molecule has 1 atom stereocenters. The number of rotatable bonds is 7. The van der Waals surface area contributed by atoms with Gasteiger partial charge in [0.25, 0.3) is 5.91 Å². The first-order chi connectivity index (χ1) is 10.6. The predicted octanol–water partition coefficient (Wildman–Crippen LogP) is 1.86. The Morgan fingerprint density at radius 2 is 1.96 bits per heavy atom. The van der Waals surface area contributed by atoms with Crippen molar-refractivity contribution in [2.75, 3.05) is 6.61 Å². The summed E-state index contributed by atoms with van der Waals surface area (Å²) in [4.78, 5) is 26.0. The molecule has 0 fully saturated rings. The van der Waals surface area contributed by atoms with E-state index in [0.717, 1.165) is 18.2 Å². The summed E-state index contributed by atoms with van der Waals surface area (Å²) < 4.78 is 64.8. The third-order valence-corrected chi connectivity index (χ3v) is 2.36. The lowest BCUT2D eigenvalue weighted by Crippen LogP contribution is -2.42. The SMILES string of the molecule is O=C(NC(CC(F)F)C(=O)O)c1cccc(OCC(F)(F)F)n1. The lowest BCUT2D eigenvalue weighted by atomic mass is 10.2. The maximum Gasteiger partial charge on any atom is 0.422 e. The summed E-state index contributed by atoms with van der Waals surface area (Å²) in [7, 11) is 0. The number of hydrogen-bond donors (Lipinski definition) is 2. The molecule has 0 spiro atoms. The predicted molar refractivity (Wildman–Crippen MR) is 65.3 cm³/mol. The highest BCUT2D eigenvalue weighted by Crippen LogP contribution is 2.17. The van der Waals surface area contributed by atoms with Gasteiger partial charge in [-0.25, -0.2) is 18.6 Å². The van der Waals surface area contributed by atoms with Crippen LogP contribution >= 0.6 is 0 Å². The number of ether oxygens (including phenoxy) is 1. The average molecular weight is 342 g/mol. The lowest BCUT2D eigenvalue weighted by Gasteiger charge is -2.14. The number of carbonyl (C=O) groups excluding carboxylic acids is 1. The Morgan fingerprint density at radius 1 is 1.30 bits per heavy atom. The van der Waals surface area contributed by atoms with Crippen LogP contribution in [-0.4, -0.2) is 47.2 Å². The Kier molecular flexibility index (Phi) is 6.22. The number of alkyl halides is 5. The average Bonchev–Trinajstić information content (AvgIpc) is 2.43. The van der Waals surface area contributed by atoms with Gasteiger partial charge in [0.15, 0.2) is 6.61 Å². The molecule has 0 saturated carbocycles. The van der Waals surface area contributed by atoms with Gasteiger partial charge in [0.2, 0.25) is 12.3 Å². The summed E-state index contributed by atoms with van der Waals surface area (Å²) in [5, 5.41) is 10.5. The van der Waals surface area contributed by atoms with E-state index in [9.17, 15) is 31.5 Å². The van der Waals surface area contributed by atoms with Crippen LogP contribution in [0.1, 0.15) is 16.9 Å². The van der Waals surface area contributed by atoms with E-state index in [2.05, 4.69) is 9.72 Å². The second-order valence-corrected chi connectivity index (χ2v) is 4.26. The normalized spacial score (nSPS) is 12.8. The third kappa shape index (κ3) is 6.89. The van der Waals surface area contributed by atoms with E-state index >= 15 is 0 Å². The molecule has 0 aromatic carbocycles. The monoisotopic (exact) mass is 342 g/mol. The third-order valence-electron chi connectivity index (χ3n) is 2.36. The van der Waals surface area contributed by atoms with E-state index in [-0.39, 0.29) is 0 Å². The van der Waals surface area contributed by atoms with Gasteiger partial charge < -0.3 is 15.2 Å². The zero-order valence-corrected chi connectivity index (χ0v) is 11.3. The van der Waals surface area contributed by atoms with Crippen molar-refractivity contribution in [1.82, 2.24) is 10.3 Å². The van der Waals surface area contributed by atoms with Crippen LogP contribution in [0, 0.1) is 0 Å². The van der Waals surface area contributed by atoms with Gasteiger partial charge in [0, 0.05) is 12.5 Å². The first-order valence-electron chi connectivity index (χ1n) is 6.07. The topological polar surface area (TPSA) is 88.5 Å². The summed E-state index contributed by atoms with van der Waals surface area (Å²) in [5.41, 5.74) is -0.467. The highest BCUT2D eigenvalue weighted by Gasteiger charge is 2.29. The van der Waals surface area contributed by atoms with E-state index in [1.54, 1.807) is 5.32 Å². The van der Waals surface area contributed by atoms with Gasteiger partial charge in [0.1, 0.15) is 11.7 Å². The number of halogens is 5. The highest BCUT2D eigenvalue weighted by atomic mass is 19.4. The van der Waals surface area contributed by atoms with Crippen molar-refractivity contribution >= 4 is 11.9 Å². The van der Waals surface area contributed by atoms with Crippen molar-refractivity contribution in [3.05, 3.63) is 23.9 Å². The number of nitrogens with one attached hydrogen (secondary N) is 1. The Labute approximate surface area is 126 Å². The van der Waals surface area contributed by atoms with E-state index in [1.807, 2.05) is 0 Å². The number of carbonyl (C=O) groups is 2. The maximum absolute atomic E-state index is 12.2. The summed E-state index contributed by atoms with van der Waals surface area (Å²) >= 11 is 0. The molecule has 0 radical (unpaired) electrons. The molecule has 1 heterocycles. The molecule has 23 heavy (non-hydrogen) atoms. The van der Waals surface area contributed by atoms with E-state index < -0.39 is 55.1 Å². The summed E-state index contributed by atoms with van der Waals surface area (Å²) in [5.74, 6) is -3.32. The van der Waals surface area contributed by atoms with Crippen LogP contribution in [0.4, 0.5) is 22.0 Å². The number of nitrogens with zero attached hydrogens (tertiary/aromatic N) is 1. The zero-order chi connectivity index (χ0) is 17.6. The number of carboxylic acid groups (broad SMARTS) is 1. The minimum Gasteiger partial charge on any atom is -0.480 e. The van der Waals surface area contributed by atoms with Gasteiger partial charge in [0.05, 0.1) is 0 Å². The minimum atomic E-state index is -4.61. The van der Waals surface area contributed by atoms with Gasteiger partial charge in [-0.3, -0.25) is 4.79 Å². The van der Waals surface area contributed by atoms with Crippen LogP contribution in [0.25, 0.3) is 0 Å². The van der Waals surface area contributed by atoms with Crippen molar-refractivity contribution in [3.8, 4) is 5.88 Å². The van der Waals surface area contributed by atoms with Crippen molar-refractivity contribution in [2.24, 2.45) is 0 Å². The molecule has 2 N–H and O–H groups in total. The molecule has 11 heteroatoms. The number of pyridine rings is 1. The van der Waals surface area contributed by atoms with Gasteiger partial charge >= 0.3 is 12.1 Å². The molecule has 1 unspecified atom stereocenters. The zero-order valence-electron chi connectivity index (χ0n) is 11.3. The second kappa shape index (κ2) is 7.70. The second-order valence-electron chi connectivity index (χ2n) is 4.26. The van der Waals surface area contributed by atoms with Gasteiger partial charge in [-0.1, -0.05) is 6.07 Å². The van der Waals surface area contributed by atoms with Crippen LogP contribution < -0.4 is 10.1 Å². The standard InChI is InChI=1S/C12H11F5N2O4/c13-8(14)4-7(11(21)22)19-10(20)6-2-1-3-9(18-6)23-5-12(15,16)17/h1-3,7-8H,4-5H2,(H,19,20)(H,21,22). The van der Waals surface area contributed by atoms with Crippen LogP contribution in [-0.2, 0) is 4.79 Å². The Morgan fingerprint density at radius 3 is 2.48 bits per heavy atom. The first kappa shape index (κ1) is 18.6. The number of hydrogen-bond acceptors (Lipinski definition) is 4. The van der Waals surface area contributed by atoms with Crippen LogP contribution in [0.3, 0.4) is 0 Å². The Balaban J connectivity index is 2.77.